The highest BCUT2D eigenvalue weighted by Crippen LogP contribution is 2.20. The number of amides is 2. The van der Waals surface area contributed by atoms with Crippen LogP contribution in [0.3, 0.4) is 0 Å². The fraction of sp³-hybridized carbons (Fsp3) is 0.333. The van der Waals surface area contributed by atoms with E-state index in [1.54, 1.807) is 12.0 Å². The number of hydrogen-bond donors (Lipinski definition) is 1. The Balaban J connectivity index is 1.93. The Morgan fingerprint density at radius 3 is 2.19 bits per heavy atom. The quantitative estimate of drug-likeness (QED) is 0.439. The molecule has 1 N–H and O–H groups in total. The Labute approximate surface area is 214 Å². The van der Waals surface area contributed by atoms with Crippen LogP contribution in [0.25, 0.3) is 0 Å². The van der Waals surface area contributed by atoms with E-state index >= 15 is 0 Å². The summed E-state index contributed by atoms with van der Waals surface area (Å²) in [4.78, 5) is 28.8. The first-order valence-electron chi connectivity index (χ1n) is 12.1. The highest BCUT2D eigenvalue weighted by molar-refractivity contribution is 5.89. The molecule has 0 spiro atoms. The van der Waals surface area contributed by atoms with Gasteiger partial charge in [-0.3, -0.25) is 9.59 Å². The number of carbonyl (C=O) groups is 2. The molecular formula is C30H36N2O4. The second kappa shape index (κ2) is 12.2. The van der Waals surface area contributed by atoms with E-state index in [4.69, 9.17) is 9.47 Å². The number of rotatable bonds is 10. The lowest BCUT2D eigenvalue weighted by molar-refractivity contribution is -0.143. The summed E-state index contributed by atoms with van der Waals surface area (Å²) >= 11 is 0. The molecule has 0 aliphatic heterocycles. The largest absolute Gasteiger partial charge is 0.497 e. The van der Waals surface area contributed by atoms with Crippen LogP contribution in [0.5, 0.6) is 11.5 Å². The van der Waals surface area contributed by atoms with E-state index in [0.29, 0.717) is 17.9 Å². The first-order chi connectivity index (χ1) is 17.1. The van der Waals surface area contributed by atoms with Gasteiger partial charge in [0.05, 0.1) is 7.11 Å². The SMILES string of the molecule is COc1cccc(CN(C(=O)COc2ccc(C)cc2)C(Cc2ccccc2)C(=O)NC(C)(C)C)c1. The minimum atomic E-state index is -0.730. The summed E-state index contributed by atoms with van der Waals surface area (Å²) in [6.45, 7) is 7.84. The predicted molar refractivity (Wildman–Crippen MR) is 142 cm³/mol. The minimum Gasteiger partial charge on any atom is -0.497 e. The molecule has 3 aromatic carbocycles. The number of nitrogens with zero attached hydrogens (tertiary/aromatic N) is 1. The van der Waals surface area contributed by atoms with Crippen molar-refractivity contribution in [3.63, 3.8) is 0 Å². The Morgan fingerprint density at radius 1 is 0.889 bits per heavy atom. The summed E-state index contributed by atoms with van der Waals surface area (Å²) < 4.78 is 11.2. The van der Waals surface area contributed by atoms with Gasteiger partial charge in [0.25, 0.3) is 5.91 Å². The number of aryl methyl sites for hydroxylation is 1. The average Bonchev–Trinajstić information content (AvgIpc) is 2.85. The summed E-state index contributed by atoms with van der Waals surface area (Å²) in [7, 11) is 1.60. The van der Waals surface area contributed by atoms with Gasteiger partial charge in [-0.15, -0.1) is 0 Å². The average molecular weight is 489 g/mol. The van der Waals surface area contributed by atoms with E-state index in [1.807, 2.05) is 107 Å². The molecule has 36 heavy (non-hydrogen) atoms. The monoisotopic (exact) mass is 488 g/mol. The summed E-state index contributed by atoms with van der Waals surface area (Å²) in [5.74, 6) is 0.810. The molecule has 0 fully saturated rings. The van der Waals surface area contributed by atoms with Crippen LogP contribution in [0.1, 0.15) is 37.5 Å². The Bertz CT molecular complexity index is 1140. The molecule has 0 aromatic heterocycles. The van der Waals surface area contributed by atoms with Gasteiger partial charge in [0.15, 0.2) is 6.61 Å². The first kappa shape index (κ1) is 26.8. The van der Waals surface area contributed by atoms with Gasteiger partial charge in [0.2, 0.25) is 5.91 Å². The van der Waals surface area contributed by atoms with Crippen LogP contribution in [-0.2, 0) is 22.6 Å². The number of hydrogen-bond acceptors (Lipinski definition) is 4. The van der Waals surface area contributed by atoms with Crippen LogP contribution >= 0.6 is 0 Å². The van der Waals surface area contributed by atoms with Gasteiger partial charge in [-0.05, 0) is 63.1 Å². The van der Waals surface area contributed by atoms with Gasteiger partial charge in [-0.25, -0.2) is 0 Å². The molecule has 0 heterocycles. The highest BCUT2D eigenvalue weighted by Gasteiger charge is 2.32. The molecule has 0 saturated heterocycles. The van der Waals surface area contributed by atoms with E-state index in [9.17, 15) is 9.59 Å². The highest BCUT2D eigenvalue weighted by atomic mass is 16.5. The van der Waals surface area contributed by atoms with Crippen molar-refractivity contribution < 1.29 is 19.1 Å². The Kier molecular flexibility index (Phi) is 9.12. The number of methoxy groups -OCH3 is 1. The molecule has 0 aliphatic carbocycles. The van der Waals surface area contributed by atoms with Crippen LogP contribution in [0.15, 0.2) is 78.9 Å². The number of nitrogens with one attached hydrogen (secondary N) is 1. The molecule has 190 valence electrons. The van der Waals surface area contributed by atoms with Crippen molar-refractivity contribution in [1.82, 2.24) is 10.2 Å². The third-order valence-corrected chi connectivity index (χ3v) is 5.64. The second-order valence-electron chi connectivity index (χ2n) is 9.92. The Hall–Kier alpha value is -3.80. The maximum atomic E-state index is 13.6. The van der Waals surface area contributed by atoms with Gasteiger partial charge in [-0.1, -0.05) is 60.2 Å². The van der Waals surface area contributed by atoms with Crippen LogP contribution < -0.4 is 14.8 Å². The van der Waals surface area contributed by atoms with E-state index in [0.717, 1.165) is 16.7 Å². The van der Waals surface area contributed by atoms with Crippen LogP contribution in [0.2, 0.25) is 0 Å². The fourth-order valence-corrected chi connectivity index (χ4v) is 3.84. The molecule has 3 aromatic rings. The standard InChI is InChI=1S/C30H36N2O4/c1-22-14-16-25(17-15-22)36-21-28(33)32(20-24-12-9-13-26(18-24)35-5)27(29(34)31-30(2,3)4)19-23-10-7-6-8-11-23/h6-18,27H,19-21H2,1-5H3,(H,31,34). The zero-order chi connectivity index (χ0) is 26.1. The molecule has 0 radical (unpaired) electrons. The maximum Gasteiger partial charge on any atom is 0.261 e. The van der Waals surface area contributed by atoms with E-state index in [1.165, 1.54) is 0 Å². The van der Waals surface area contributed by atoms with E-state index < -0.39 is 11.6 Å². The normalized spacial score (nSPS) is 11.9. The molecule has 1 unspecified atom stereocenters. The predicted octanol–water partition coefficient (Wildman–Crippen LogP) is 4.94. The molecule has 0 aliphatic rings. The molecule has 0 bridgehead atoms. The van der Waals surface area contributed by atoms with Gasteiger partial charge >= 0.3 is 0 Å². The summed E-state index contributed by atoms with van der Waals surface area (Å²) in [6.07, 6.45) is 0.378. The Morgan fingerprint density at radius 2 is 1.56 bits per heavy atom. The molecule has 1 atom stereocenters. The van der Waals surface area contributed by atoms with Crippen molar-refractivity contribution in [2.45, 2.75) is 52.2 Å². The zero-order valence-electron chi connectivity index (χ0n) is 21.8. The van der Waals surface area contributed by atoms with Gasteiger partial charge in [0.1, 0.15) is 17.5 Å². The summed E-state index contributed by atoms with van der Waals surface area (Å²) in [5.41, 5.74) is 2.49. The van der Waals surface area contributed by atoms with E-state index in [-0.39, 0.29) is 25.0 Å². The molecule has 2 amide bonds. The van der Waals surface area contributed by atoms with Crippen molar-refractivity contribution >= 4 is 11.8 Å². The molecule has 6 heteroatoms. The van der Waals surface area contributed by atoms with E-state index in [2.05, 4.69) is 5.32 Å². The van der Waals surface area contributed by atoms with Crippen LogP contribution in [-0.4, -0.2) is 42.0 Å². The minimum absolute atomic E-state index is 0.179. The van der Waals surface area contributed by atoms with Crippen LogP contribution in [0.4, 0.5) is 0 Å². The summed E-state index contributed by atoms with van der Waals surface area (Å²) in [6, 6.07) is 24.1. The van der Waals surface area contributed by atoms with Crippen molar-refractivity contribution in [1.29, 1.82) is 0 Å². The van der Waals surface area contributed by atoms with Crippen LogP contribution in [0, 0.1) is 6.92 Å². The molecule has 3 rings (SSSR count). The lowest BCUT2D eigenvalue weighted by Crippen LogP contribution is -2.55. The smallest absolute Gasteiger partial charge is 0.261 e. The lowest BCUT2D eigenvalue weighted by Gasteiger charge is -2.33. The molecular weight excluding hydrogens is 452 g/mol. The zero-order valence-corrected chi connectivity index (χ0v) is 21.8. The maximum absolute atomic E-state index is 13.6. The van der Waals surface area contributed by atoms with Crippen molar-refractivity contribution in [2.75, 3.05) is 13.7 Å². The van der Waals surface area contributed by atoms with Gasteiger partial charge in [-0.2, -0.15) is 0 Å². The summed E-state index contributed by atoms with van der Waals surface area (Å²) in [5, 5.41) is 3.06. The van der Waals surface area contributed by atoms with Gasteiger partial charge < -0.3 is 19.7 Å². The first-order valence-corrected chi connectivity index (χ1v) is 12.1. The van der Waals surface area contributed by atoms with Crippen molar-refractivity contribution in [3.05, 3.63) is 95.6 Å². The van der Waals surface area contributed by atoms with Gasteiger partial charge in [0, 0.05) is 18.5 Å². The number of carbonyl (C=O) groups excluding carboxylic acids is 2. The fourth-order valence-electron chi connectivity index (χ4n) is 3.84. The van der Waals surface area contributed by atoms with Crippen molar-refractivity contribution in [2.24, 2.45) is 0 Å². The third-order valence-electron chi connectivity index (χ3n) is 5.64. The third kappa shape index (κ3) is 8.15. The molecule has 0 saturated carbocycles. The second-order valence-corrected chi connectivity index (χ2v) is 9.92. The van der Waals surface area contributed by atoms with Crippen molar-refractivity contribution in [3.8, 4) is 11.5 Å². The topological polar surface area (TPSA) is 67.9 Å². The molecule has 6 nitrogen and oxygen atoms in total. The number of benzene rings is 3. The lowest BCUT2D eigenvalue weighted by atomic mass is 10.0. The number of ether oxygens (including phenoxy) is 2.